The van der Waals surface area contributed by atoms with Crippen LogP contribution in [0.2, 0.25) is 0 Å². The average molecular weight is 432 g/mol. The molecule has 0 unspecified atom stereocenters. The number of ether oxygens (including phenoxy) is 1. The van der Waals surface area contributed by atoms with E-state index in [-0.39, 0.29) is 0 Å². The smallest absolute Gasteiger partial charge is 0.160 e. The summed E-state index contributed by atoms with van der Waals surface area (Å²) < 4.78 is 9.10. The molecule has 28 heavy (non-hydrogen) atoms. The zero-order valence-electron chi connectivity index (χ0n) is 15.4. The molecule has 3 aromatic carbocycles. The summed E-state index contributed by atoms with van der Waals surface area (Å²) in [6, 6.07) is 22.5. The number of benzene rings is 3. The molecule has 0 aliphatic rings. The number of aromatic nitrogens is 3. The Kier molecular flexibility index (Phi) is 4.24. The highest BCUT2D eigenvalue weighted by Gasteiger charge is 2.16. The van der Waals surface area contributed by atoms with Gasteiger partial charge in [0.15, 0.2) is 5.65 Å². The first-order valence-corrected chi connectivity index (χ1v) is 10.1. The van der Waals surface area contributed by atoms with Gasteiger partial charge in [0.05, 0.1) is 29.7 Å². The second kappa shape index (κ2) is 6.91. The normalized spacial score (nSPS) is 11.5. The Morgan fingerprint density at radius 1 is 0.929 bits per heavy atom. The maximum atomic E-state index is 5.84. The number of rotatable bonds is 4. The van der Waals surface area contributed by atoms with Gasteiger partial charge >= 0.3 is 0 Å². The number of hydrogen-bond donors (Lipinski definition) is 0. The van der Waals surface area contributed by atoms with E-state index in [9.17, 15) is 0 Å². The van der Waals surface area contributed by atoms with Gasteiger partial charge in [0.2, 0.25) is 0 Å². The van der Waals surface area contributed by atoms with Crippen molar-refractivity contribution >= 4 is 49.0 Å². The van der Waals surface area contributed by atoms with Gasteiger partial charge in [-0.1, -0.05) is 46.3 Å². The van der Waals surface area contributed by atoms with Gasteiger partial charge in [-0.2, -0.15) is 0 Å². The van der Waals surface area contributed by atoms with Crippen LogP contribution in [0.5, 0.6) is 5.75 Å². The molecule has 0 bridgehead atoms. The van der Waals surface area contributed by atoms with Crippen LogP contribution in [0.1, 0.15) is 12.5 Å². The summed E-state index contributed by atoms with van der Waals surface area (Å²) in [5, 5.41) is 1.09. The fourth-order valence-corrected chi connectivity index (χ4v) is 4.03. The summed E-state index contributed by atoms with van der Waals surface area (Å²) in [4.78, 5) is 9.89. The van der Waals surface area contributed by atoms with Crippen LogP contribution >= 0.6 is 15.9 Å². The lowest BCUT2D eigenvalue weighted by atomic mass is 10.2. The van der Waals surface area contributed by atoms with Crippen molar-refractivity contribution in [3.63, 3.8) is 0 Å². The first-order chi connectivity index (χ1) is 13.7. The minimum Gasteiger partial charge on any atom is -0.494 e. The van der Waals surface area contributed by atoms with E-state index < -0.39 is 0 Å². The van der Waals surface area contributed by atoms with E-state index in [0.29, 0.717) is 13.2 Å². The number of para-hydroxylation sites is 3. The van der Waals surface area contributed by atoms with Crippen LogP contribution in [0.3, 0.4) is 0 Å². The summed E-state index contributed by atoms with van der Waals surface area (Å²) in [5.74, 6) is 0.908. The highest BCUT2D eigenvalue weighted by Crippen LogP contribution is 2.32. The summed E-state index contributed by atoms with van der Waals surface area (Å²) in [7, 11) is 0. The van der Waals surface area contributed by atoms with Crippen LogP contribution in [0.4, 0.5) is 0 Å². The minimum atomic E-state index is 0.640. The number of nitrogens with zero attached hydrogens (tertiary/aromatic N) is 3. The van der Waals surface area contributed by atoms with Gasteiger partial charge in [-0.15, -0.1) is 0 Å². The van der Waals surface area contributed by atoms with E-state index in [2.05, 4.69) is 44.8 Å². The maximum absolute atomic E-state index is 5.84. The topological polar surface area (TPSA) is 39.9 Å². The van der Waals surface area contributed by atoms with Crippen LogP contribution in [0.15, 0.2) is 71.2 Å². The van der Waals surface area contributed by atoms with Crippen LogP contribution in [-0.4, -0.2) is 21.1 Å². The van der Waals surface area contributed by atoms with E-state index in [1.165, 1.54) is 0 Å². The highest BCUT2D eigenvalue weighted by molar-refractivity contribution is 9.10. The molecule has 138 valence electrons. The minimum absolute atomic E-state index is 0.640. The molecule has 0 N–H and O–H groups in total. The quantitative estimate of drug-likeness (QED) is 0.353. The van der Waals surface area contributed by atoms with Crippen molar-refractivity contribution < 1.29 is 4.74 Å². The lowest BCUT2D eigenvalue weighted by Gasteiger charge is -2.12. The Labute approximate surface area is 170 Å². The molecule has 4 nitrogen and oxygen atoms in total. The predicted molar refractivity (Wildman–Crippen MR) is 117 cm³/mol. The van der Waals surface area contributed by atoms with E-state index in [4.69, 9.17) is 14.7 Å². The second-order valence-electron chi connectivity index (χ2n) is 6.67. The number of halogens is 1. The SMILES string of the molecule is CCOc1ccccc1Cn1c2ccc(Br)cc2c2nc3ccccc3nc21. The van der Waals surface area contributed by atoms with Crippen LogP contribution in [0.25, 0.3) is 33.1 Å². The molecule has 0 radical (unpaired) electrons. The third kappa shape index (κ3) is 2.83. The Balaban J connectivity index is 1.80. The summed E-state index contributed by atoms with van der Waals surface area (Å²) in [6.07, 6.45) is 0. The first-order valence-electron chi connectivity index (χ1n) is 9.29. The zero-order valence-corrected chi connectivity index (χ0v) is 17.0. The van der Waals surface area contributed by atoms with Gasteiger partial charge in [0, 0.05) is 15.4 Å². The van der Waals surface area contributed by atoms with Crippen LogP contribution in [-0.2, 0) is 6.54 Å². The molecule has 0 aliphatic heterocycles. The fourth-order valence-electron chi connectivity index (χ4n) is 3.67. The molecule has 0 saturated carbocycles. The monoisotopic (exact) mass is 431 g/mol. The third-order valence-electron chi connectivity index (χ3n) is 4.91. The molecule has 5 rings (SSSR count). The second-order valence-corrected chi connectivity index (χ2v) is 7.59. The van der Waals surface area contributed by atoms with Crippen molar-refractivity contribution in [2.24, 2.45) is 0 Å². The molecule has 2 aromatic heterocycles. The highest BCUT2D eigenvalue weighted by atomic mass is 79.9. The van der Waals surface area contributed by atoms with Crippen molar-refractivity contribution in [3.05, 3.63) is 76.8 Å². The van der Waals surface area contributed by atoms with Crippen molar-refractivity contribution in [2.45, 2.75) is 13.5 Å². The van der Waals surface area contributed by atoms with Gasteiger partial charge < -0.3 is 9.30 Å². The molecule has 0 aliphatic carbocycles. The first kappa shape index (κ1) is 17.2. The third-order valence-corrected chi connectivity index (χ3v) is 5.41. The van der Waals surface area contributed by atoms with E-state index in [1.54, 1.807) is 0 Å². The standard InChI is InChI=1S/C23H18BrN3O/c1-2-28-21-10-6-3-7-15(21)14-27-20-12-11-16(24)13-17(20)22-23(27)26-19-9-5-4-8-18(19)25-22/h3-13H,2,14H2,1H3. The maximum Gasteiger partial charge on any atom is 0.160 e. The van der Waals surface area contributed by atoms with E-state index in [1.807, 2.05) is 49.4 Å². The van der Waals surface area contributed by atoms with Crippen molar-refractivity contribution in [3.8, 4) is 5.75 Å². The van der Waals surface area contributed by atoms with Crippen LogP contribution < -0.4 is 4.74 Å². The van der Waals surface area contributed by atoms with Gasteiger partial charge in [-0.3, -0.25) is 0 Å². The fraction of sp³-hybridized carbons (Fsp3) is 0.130. The van der Waals surface area contributed by atoms with Crippen molar-refractivity contribution in [1.29, 1.82) is 0 Å². The molecule has 5 aromatic rings. The number of hydrogen-bond acceptors (Lipinski definition) is 3. The van der Waals surface area contributed by atoms with Crippen LogP contribution in [0, 0.1) is 0 Å². The summed E-state index contributed by atoms with van der Waals surface area (Å²) in [6.45, 7) is 3.32. The Hall–Kier alpha value is -2.92. The lowest BCUT2D eigenvalue weighted by Crippen LogP contribution is -2.04. The molecule has 0 atom stereocenters. The largest absolute Gasteiger partial charge is 0.494 e. The predicted octanol–water partition coefficient (Wildman–Crippen LogP) is 5.95. The Bertz CT molecular complexity index is 1330. The van der Waals surface area contributed by atoms with Gasteiger partial charge in [0.25, 0.3) is 0 Å². The van der Waals surface area contributed by atoms with Gasteiger partial charge in [-0.25, -0.2) is 9.97 Å². The molecular weight excluding hydrogens is 414 g/mol. The zero-order chi connectivity index (χ0) is 19.1. The molecular formula is C23H18BrN3O. The van der Waals surface area contributed by atoms with Gasteiger partial charge in [0.1, 0.15) is 11.3 Å². The summed E-state index contributed by atoms with van der Waals surface area (Å²) >= 11 is 3.60. The molecule has 5 heteroatoms. The Morgan fingerprint density at radius 3 is 2.50 bits per heavy atom. The molecule has 0 amide bonds. The Morgan fingerprint density at radius 2 is 1.68 bits per heavy atom. The van der Waals surface area contributed by atoms with E-state index >= 15 is 0 Å². The lowest BCUT2D eigenvalue weighted by molar-refractivity contribution is 0.336. The van der Waals surface area contributed by atoms with Crippen molar-refractivity contribution in [2.75, 3.05) is 6.61 Å². The average Bonchev–Trinajstić information content (AvgIpc) is 3.00. The number of fused-ring (bicyclic) bond motifs is 4. The molecule has 2 heterocycles. The van der Waals surface area contributed by atoms with E-state index in [0.717, 1.165) is 48.9 Å². The molecule has 0 fully saturated rings. The molecule has 0 spiro atoms. The van der Waals surface area contributed by atoms with Crippen molar-refractivity contribution in [1.82, 2.24) is 14.5 Å². The molecule has 0 saturated heterocycles. The summed E-state index contributed by atoms with van der Waals surface area (Å²) in [5.41, 5.74) is 5.85. The van der Waals surface area contributed by atoms with Gasteiger partial charge in [-0.05, 0) is 43.3 Å².